The number of hydrogen-bond donors (Lipinski definition) is 2. The molecule has 1 amide bonds. The Labute approximate surface area is 153 Å². The quantitative estimate of drug-likeness (QED) is 0.698. The minimum absolute atomic E-state index is 0.194. The number of halogens is 2. The normalized spacial score (nSPS) is 11.2. The number of anilines is 2. The van der Waals surface area contributed by atoms with Crippen molar-refractivity contribution in [1.29, 1.82) is 0 Å². The average molecular weight is 392 g/mol. The molecule has 3 rings (SSSR count). The molecule has 0 spiro atoms. The molecule has 0 aliphatic carbocycles. The highest BCUT2D eigenvalue weighted by Gasteiger charge is 2.17. The van der Waals surface area contributed by atoms with Gasteiger partial charge in [-0.3, -0.25) is 14.2 Å². The van der Waals surface area contributed by atoms with Crippen molar-refractivity contribution >= 4 is 27.3 Å². The largest absolute Gasteiger partial charge is 0.322 e. The molecule has 27 heavy (non-hydrogen) atoms. The second-order valence-corrected chi connectivity index (χ2v) is 7.30. The summed E-state index contributed by atoms with van der Waals surface area (Å²) in [6.07, 6.45) is 2.97. The number of nitrogens with zero attached hydrogens (tertiary/aromatic N) is 2. The molecule has 3 aromatic rings. The van der Waals surface area contributed by atoms with Crippen LogP contribution in [0.1, 0.15) is 10.4 Å². The molecule has 0 atom stereocenters. The van der Waals surface area contributed by atoms with Gasteiger partial charge >= 0.3 is 0 Å². The molecule has 7 nitrogen and oxygen atoms in total. The Bertz CT molecular complexity index is 1100. The van der Waals surface area contributed by atoms with Crippen LogP contribution in [0.3, 0.4) is 0 Å². The summed E-state index contributed by atoms with van der Waals surface area (Å²) in [5.41, 5.74) is 1.01. The van der Waals surface area contributed by atoms with Crippen molar-refractivity contribution in [3.05, 3.63) is 72.1 Å². The SMILES string of the molecule is Cn1cc(C(=O)Nc2ccc(NS(=O)(=O)c3ccc(F)c(F)c3)cc2)cn1. The van der Waals surface area contributed by atoms with E-state index < -0.39 is 26.6 Å². The lowest BCUT2D eigenvalue weighted by Crippen LogP contribution is -2.14. The van der Waals surface area contributed by atoms with Gasteiger partial charge in [0.1, 0.15) is 0 Å². The van der Waals surface area contributed by atoms with Crippen LogP contribution in [0.25, 0.3) is 0 Å². The van der Waals surface area contributed by atoms with Crippen molar-refractivity contribution < 1.29 is 22.0 Å². The lowest BCUT2D eigenvalue weighted by atomic mass is 10.2. The fourth-order valence-electron chi connectivity index (χ4n) is 2.22. The molecule has 0 bridgehead atoms. The summed E-state index contributed by atoms with van der Waals surface area (Å²) < 4.78 is 54.4. The highest BCUT2D eigenvalue weighted by Crippen LogP contribution is 2.20. The molecule has 2 aromatic carbocycles. The van der Waals surface area contributed by atoms with Crippen molar-refractivity contribution in [3.63, 3.8) is 0 Å². The second kappa shape index (κ2) is 7.16. The van der Waals surface area contributed by atoms with Crippen LogP contribution < -0.4 is 10.0 Å². The van der Waals surface area contributed by atoms with E-state index in [0.29, 0.717) is 17.3 Å². The van der Waals surface area contributed by atoms with E-state index in [-0.39, 0.29) is 11.6 Å². The average Bonchev–Trinajstić information content (AvgIpc) is 3.05. The lowest BCUT2D eigenvalue weighted by Gasteiger charge is -2.09. The fraction of sp³-hybridized carbons (Fsp3) is 0.0588. The first-order valence-electron chi connectivity index (χ1n) is 7.62. The van der Waals surface area contributed by atoms with Crippen LogP contribution in [0.2, 0.25) is 0 Å². The van der Waals surface area contributed by atoms with Gasteiger partial charge in [0.25, 0.3) is 15.9 Å². The highest BCUT2D eigenvalue weighted by atomic mass is 32.2. The molecule has 0 aliphatic rings. The molecular formula is C17H14F2N4O3S. The molecule has 140 valence electrons. The summed E-state index contributed by atoms with van der Waals surface area (Å²) in [5.74, 6) is -2.76. The van der Waals surface area contributed by atoms with E-state index in [1.165, 1.54) is 35.1 Å². The Morgan fingerprint density at radius 2 is 1.70 bits per heavy atom. The van der Waals surface area contributed by atoms with Gasteiger partial charge in [-0.05, 0) is 42.5 Å². The van der Waals surface area contributed by atoms with Gasteiger partial charge in [-0.1, -0.05) is 0 Å². The van der Waals surface area contributed by atoms with Gasteiger partial charge in [0.05, 0.1) is 16.7 Å². The number of hydrogen-bond acceptors (Lipinski definition) is 4. The van der Waals surface area contributed by atoms with Crippen molar-refractivity contribution in [2.45, 2.75) is 4.90 Å². The molecule has 0 fully saturated rings. The first-order chi connectivity index (χ1) is 12.7. The summed E-state index contributed by atoms with van der Waals surface area (Å²) in [4.78, 5) is 11.6. The van der Waals surface area contributed by atoms with Crippen LogP contribution in [0.4, 0.5) is 20.2 Å². The van der Waals surface area contributed by atoms with E-state index in [1.54, 1.807) is 13.2 Å². The summed E-state index contributed by atoms with van der Waals surface area (Å²) in [7, 11) is -2.40. The first kappa shape index (κ1) is 18.5. The standard InChI is InChI=1S/C17H14F2N4O3S/c1-23-10-11(9-20-23)17(24)21-12-2-4-13(5-3-12)22-27(25,26)14-6-7-15(18)16(19)8-14/h2-10,22H,1H3,(H,21,24). The Kier molecular flexibility index (Phi) is 4.91. The lowest BCUT2D eigenvalue weighted by molar-refractivity contribution is 0.102. The molecule has 1 aromatic heterocycles. The van der Waals surface area contributed by atoms with Crippen molar-refractivity contribution in [2.24, 2.45) is 7.05 Å². The van der Waals surface area contributed by atoms with Crippen LogP contribution in [0.5, 0.6) is 0 Å². The number of rotatable bonds is 5. The summed E-state index contributed by atoms with van der Waals surface area (Å²) in [6.45, 7) is 0. The summed E-state index contributed by atoms with van der Waals surface area (Å²) in [5, 5.41) is 6.55. The summed E-state index contributed by atoms with van der Waals surface area (Å²) in [6, 6.07) is 8.14. The smallest absolute Gasteiger partial charge is 0.261 e. The number of sulfonamides is 1. The minimum atomic E-state index is -4.08. The van der Waals surface area contributed by atoms with Gasteiger partial charge in [-0.2, -0.15) is 5.10 Å². The third-order valence-corrected chi connectivity index (χ3v) is 4.94. The van der Waals surface area contributed by atoms with E-state index in [4.69, 9.17) is 0 Å². The molecule has 0 saturated carbocycles. The van der Waals surface area contributed by atoms with Gasteiger partial charge < -0.3 is 5.32 Å². The van der Waals surface area contributed by atoms with Crippen LogP contribution in [-0.4, -0.2) is 24.1 Å². The molecule has 1 heterocycles. The fourth-order valence-corrected chi connectivity index (χ4v) is 3.29. The van der Waals surface area contributed by atoms with Crippen molar-refractivity contribution in [3.8, 4) is 0 Å². The third-order valence-electron chi connectivity index (χ3n) is 3.56. The number of carbonyl (C=O) groups excluding carboxylic acids is 1. The molecule has 0 saturated heterocycles. The van der Waals surface area contributed by atoms with E-state index in [1.807, 2.05) is 0 Å². The van der Waals surface area contributed by atoms with E-state index in [9.17, 15) is 22.0 Å². The number of aromatic nitrogens is 2. The zero-order chi connectivity index (χ0) is 19.6. The summed E-state index contributed by atoms with van der Waals surface area (Å²) >= 11 is 0. The molecule has 2 N–H and O–H groups in total. The van der Waals surface area contributed by atoms with Gasteiger partial charge in [-0.25, -0.2) is 17.2 Å². The molecule has 0 unspecified atom stereocenters. The van der Waals surface area contributed by atoms with Gasteiger partial charge in [0.2, 0.25) is 0 Å². The molecule has 10 heteroatoms. The number of aryl methyl sites for hydroxylation is 1. The number of benzene rings is 2. The van der Waals surface area contributed by atoms with E-state index in [0.717, 1.165) is 12.1 Å². The van der Waals surface area contributed by atoms with Gasteiger partial charge in [0, 0.05) is 24.6 Å². The van der Waals surface area contributed by atoms with Crippen LogP contribution in [-0.2, 0) is 17.1 Å². The Morgan fingerprint density at radius 3 is 2.30 bits per heavy atom. The molecule has 0 radical (unpaired) electrons. The zero-order valence-electron chi connectivity index (χ0n) is 14.0. The number of carbonyl (C=O) groups is 1. The van der Waals surface area contributed by atoms with Gasteiger partial charge in [0.15, 0.2) is 11.6 Å². The molecular weight excluding hydrogens is 378 g/mol. The number of amides is 1. The predicted octanol–water partition coefficient (Wildman–Crippen LogP) is 2.75. The second-order valence-electron chi connectivity index (χ2n) is 5.62. The van der Waals surface area contributed by atoms with E-state index >= 15 is 0 Å². The maximum Gasteiger partial charge on any atom is 0.261 e. The first-order valence-corrected chi connectivity index (χ1v) is 9.11. The Hall–Kier alpha value is -3.27. The number of nitrogens with one attached hydrogen (secondary N) is 2. The third kappa shape index (κ3) is 4.29. The van der Waals surface area contributed by atoms with Crippen LogP contribution >= 0.6 is 0 Å². The molecule has 0 aliphatic heterocycles. The maximum atomic E-state index is 13.3. The maximum absolute atomic E-state index is 13.3. The van der Waals surface area contributed by atoms with Crippen molar-refractivity contribution in [1.82, 2.24) is 9.78 Å². The van der Waals surface area contributed by atoms with E-state index in [2.05, 4.69) is 15.1 Å². The highest BCUT2D eigenvalue weighted by molar-refractivity contribution is 7.92. The van der Waals surface area contributed by atoms with Crippen LogP contribution in [0.15, 0.2) is 59.8 Å². The zero-order valence-corrected chi connectivity index (χ0v) is 14.8. The van der Waals surface area contributed by atoms with Gasteiger partial charge in [-0.15, -0.1) is 0 Å². The van der Waals surface area contributed by atoms with Crippen molar-refractivity contribution in [2.75, 3.05) is 10.0 Å². The topological polar surface area (TPSA) is 93.1 Å². The minimum Gasteiger partial charge on any atom is -0.322 e. The Balaban J connectivity index is 1.71. The van der Waals surface area contributed by atoms with Crippen LogP contribution in [0, 0.1) is 11.6 Å². The Morgan fingerprint density at radius 1 is 1.04 bits per heavy atom. The predicted molar refractivity (Wildman–Crippen MR) is 94.8 cm³/mol. The monoisotopic (exact) mass is 392 g/mol.